The minimum Gasteiger partial charge on any atom is -0.369 e. The fourth-order valence-corrected chi connectivity index (χ4v) is 4.89. The SMILES string of the molecule is Clc1cccc2c1C[C@@H]2CCN1CCN(c2cccc3c2CCOO3)CC1. The van der Waals surface area contributed by atoms with Crippen LogP contribution in [0, 0.1) is 0 Å². The fourth-order valence-electron chi connectivity index (χ4n) is 4.64. The van der Waals surface area contributed by atoms with E-state index in [4.69, 9.17) is 21.4 Å². The lowest BCUT2D eigenvalue weighted by atomic mass is 9.75. The van der Waals surface area contributed by atoms with Crippen molar-refractivity contribution in [1.82, 2.24) is 4.90 Å². The molecule has 142 valence electrons. The van der Waals surface area contributed by atoms with Gasteiger partial charge in [0.25, 0.3) is 0 Å². The van der Waals surface area contributed by atoms with Gasteiger partial charge in [0.05, 0.1) is 6.61 Å². The highest BCUT2D eigenvalue weighted by molar-refractivity contribution is 6.31. The Hall–Kier alpha value is -1.75. The molecule has 1 aliphatic carbocycles. The van der Waals surface area contributed by atoms with Crippen LogP contribution in [0.5, 0.6) is 5.75 Å². The molecule has 0 spiro atoms. The molecule has 1 saturated heterocycles. The molecule has 2 aliphatic heterocycles. The predicted octanol–water partition coefficient (Wildman–Crippen LogP) is 4.06. The molecule has 5 heteroatoms. The molecule has 0 unspecified atom stereocenters. The molecule has 2 heterocycles. The number of piperazine rings is 1. The van der Waals surface area contributed by atoms with Crippen molar-refractivity contribution in [2.24, 2.45) is 0 Å². The van der Waals surface area contributed by atoms with Crippen LogP contribution in [0.1, 0.15) is 29.0 Å². The van der Waals surface area contributed by atoms with E-state index in [0.717, 1.165) is 49.8 Å². The summed E-state index contributed by atoms with van der Waals surface area (Å²) >= 11 is 6.27. The number of anilines is 1. The van der Waals surface area contributed by atoms with Crippen molar-refractivity contribution in [3.8, 4) is 5.75 Å². The first-order valence-electron chi connectivity index (χ1n) is 9.95. The van der Waals surface area contributed by atoms with E-state index in [1.165, 1.54) is 35.3 Å². The number of fused-ring (bicyclic) bond motifs is 2. The van der Waals surface area contributed by atoms with Crippen LogP contribution < -0.4 is 9.79 Å². The van der Waals surface area contributed by atoms with Gasteiger partial charge in [0.1, 0.15) is 0 Å². The number of halogens is 1. The minimum absolute atomic E-state index is 0.636. The highest BCUT2D eigenvalue weighted by Gasteiger charge is 2.29. The summed E-state index contributed by atoms with van der Waals surface area (Å²) in [7, 11) is 0. The molecule has 5 rings (SSSR count). The maximum absolute atomic E-state index is 6.27. The molecule has 0 saturated carbocycles. The molecule has 0 amide bonds. The Bertz CT molecular complexity index is 833. The van der Waals surface area contributed by atoms with Crippen LogP contribution in [0.15, 0.2) is 36.4 Å². The third kappa shape index (κ3) is 3.31. The number of rotatable bonds is 4. The number of hydrogen-bond acceptors (Lipinski definition) is 4. The molecule has 2 aromatic rings. The van der Waals surface area contributed by atoms with E-state index in [-0.39, 0.29) is 0 Å². The Balaban J connectivity index is 1.16. The van der Waals surface area contributed by atoms with Gasteiger partial charge in [-0.25, -0.2) is 0 Å². The molecule has 0 bridgehead atoms. The third-order valence-corrected chi connectivity index (χ3v) is 6.60. The molecule has 0 radical (unpaired) electrons. The summed E-state index contributed by atoms with van der Waals surface area (Å²) in [6.07, 6.45) is 3.31. The highest BCUT2D eigenvalue weighted by Crippen LogP contribution is 2.41. The second-order valence-electron chi connectivity index (χ2n) is 7.74. The van der Waals surface area contributed by atoms with Gasteiger partial charge in [-0.3, -0.25) is 4.90 Å². The van der Waals surface area contributed by atoms with E-state index < -0.39 is 0 Å². The molecular weight excluding hydrogens is 360 g/mol. The fraction of sp³-hybridized carbons (Fsp3) is 0.455. The second kappa shape index (κ2) is 7.34. The second-order valence-corrected chi connectivity index (χ2v) is 8.14. The van der Waals surface area contributed by atoms with Crippen LogP contribution in [0.4, 0.5) is 5.69 Å². The molecule has 0 aromatic heterocycles. The first-order chi connectivity index (χ1) is 13.3. The summed E-state index contributed by atoms with van der Waals surface area (Å²) in [5.41, 5.74) is 5.45. The van der Waals surface area contributed by atoms with Gasteiger partial charge in [0.15, 0.2) is 5.75 Å². The average Bonchev–Trinajstić information content (AvgIpc) is 2.70. The maximum atomic E-state index is 6.27. The van der Waals surface area contributed by atoms with Gasteiger partial charge in [-0.2, -0.15) is 4.89 Å². The van der Waals surface area contributed by atoms with Crippen molar-refractivity contribution in [3.05, 3.63) is 58.1 Å². The average molecular weight is 385 g/mol. The van der Waals surface area contributed by atoms with E-state index in [2.05, 4.69) is 34.1 Å². The van der Waals surface area contributed by atoms with Crippen molar-refractivity contribution in [2.45, 2.75) is 25.2 Å². The van der Waals surface area contributed by atoms with E-state index >= 15 is 0 Å². The van der Waals surface area contributed by atoms with E-state index in [9.17, 15) is 0 Å². The van der Waals surface area contributed by atoms with Gasteiger partial charge in [0, 0.05) is 48.9 Å². The zero-order valence-electron chi connectivity index (χ0n) is 15.5. The lowest BCUT2D eigenvalue weighted by Gasteiger charge is -2.39. The van der Waals surface area contributed by atoms with Crippen LogP contribution in [-0.4, -0.2) is 44.2 Å². The standard InChI is InChI=1S/C22H25ClN2O2/c23-20-4-1-3-17-16(15-19(17)20)7-9-24-10-12-25(13-11-24)21-5-2-6-22-18(21)8-14-26-27-22/h1-6,16H,7-15H2/t16-/m0/s1. The number of benzene rings is 2. The van der Waals surface area contributed by atoms with Crippen molar-refractivity contribution >= 4 is 17.3 Å². The molecular formula is C22H25ClN2O2. The molecule has 1 fully saturated rings. The van der Waals surface area contributed by atoms with Crippen LogP contribution >= 0.6 is 11.6 Å². The van der Waals surface area contributed by atoms with Crippen molar-refractivity contribution in [3.63, 3.8) is 0 Å². The van der Waals surface area contributed by atoms with Crippen LogP contribution in [-0.2, 0) is 17.7 Å². The molecule has 27 heavy (non-hydrogen) atoms. The Morgan fingerprint density at radius 1 is 1.00 bits per heavy atom. The summed E-state index contributed by atoms with van der Waals surface area (Å²) in [5.74, 6) is 1.57. The first-order valence-corrected chi connectivity index (χ1v) is 10.3. The van der Waals surface area contributed by atoms with Gasteiger partial charge in [-0.1, -0.05) is 29.8 Å². The Kier molecular flexibility index (Phi) is 4.72. The van der Waals surface area contributed by atoms with Crippen LogP contribution in [0.2, 0.25) is 5.02 Å². The molecule has 3 aliphatic rings. The monoisotopic (exact) mass is 384 g/mol. The van der Waals surface area contributed by atoms with Gasteiger partial charge in [-0.15, -0.1) is 0 Å². The lowest BCUT2D eigenvalue weighted by Crippen LogP contribution is -2.47. The normalized spacial score (nSPS) is 21.8. The molecule has 1 atom stereocenters. The molecule has 2 aromatic carbocycles. The number of nitrogens with zero attached hydrogens (tertiary/aromatic N) is 2. The van der Waals surface area contributed by atoms with Crippen molar-refractivity contribution in [1.29, 1.82) is 0 Å². The van der Waals surface area contributed by atoms with E-state index in [1.54, 1.807) is 0 Å². The summed E-state index contributed by atoms with van der Waals surface area (Å²) < 4.78 is 0. The van der Waals surface area contributed by atoms with Gasteiger partial charge in [0.2, 0.25) is 0 Å². The van der Waals surface area contributed by atoms with Gasteiger partial charge in [-0.05, 0) is 54.6 Å². The van der Waals surface area contributed by atoms with Gasteiger partial charge >= 0.3 is 0 Å². The largest absolute Gasteiger partial charge is 0.369 e. The zero-order chi connectivity index (χ0) is 18.2. The van der Waals surface area contributed by atoms with Crippen molar-refractivity contribution in [2.75, 3.05) is 44.2 Å². The Morgan fingerprint density at radius 3 is 2.74 bits per heavy atom. The van der Waals surface area contributed by atoms with E-state index in [1.807, 2.05) is 12.1 Å². The van der Waals surface area contributed by atoms with Crippen molar-refractivity contribution < 1.29 is 9.78 Å². The molecule has 0 N–H and O–H groups in total. The number of hydrogen-bond donors (Lipinski definition) is 0. The van der Waals surface area contributed by atoms with Gasteiger partial charge < -0.3 is 9.79 Å². The zero-order valence-corrected chi connectivity index (χ0v) is 16.3. The summed E-state index contributed by atoms with van der Waals surface area (Å²) in [5, 5.41) is 0.943. The molecule has 4 nitrogen and oxygen atoms in total. The Labute approximate surface area is 165 Å². The van der Waals surface area contributed by atoms with E-state index in [0.29, 0.717) is 12.5 Å². The third-order valence-electron chi connectivity index (χ3n) is 6.24. The first kappa shape index (κ1) is 17.4. The highest BCUT2D eigenvalue weighted by atomic mass is 35.5. The van der Waals surface area contributed by atoms with Crippen LogP contribution in [0.3, 0.4) is 0 Å². The summed E-state index contributed by atoms with van der Waals surface area (Å²) in [4.78, 5) is 15.6. The topological polar surface area (TPSA) is 24.9 Å². The Morgan fingerprint density at radius 2 is 1.85 bits per heavy atom. The maximum Gasteiger partial charge on any atom is 0.170 e. The van der Waals surface area contributed by atoms with Crippen LogP contribution in [0.25, 0.3) is 0 Å². The predicted molar refractivity (Wildman–Crippen MR) is 108 cm³/mol. The summed E-state index contributed by atoms with van der Waals surface area (Å²) in [6, 6.07) is 12.6. The lowest BCUT2D eigenvalue weighted by molar-refractivity contribution is -0.215. The quantitative estimate of drug-likeness (QED) is 0.742. The minimum atomic E-state index is 0.636. The smallest absolute Gasteiger partial charge is 0.170 e. The summed E-state index contributed by atoms with van der Waals surface area (Å²) in [6.45, 7) is 6.20.